The Kier molecular flexibility index (Phi) is 4.98. The molecule has 0 unspecified atom stereocenters. The largest absolute Gasteiger partial charge is 0.497 e. The van der Waals surface area contributed by atoms with Crippen LogP contribution in [0.4, 0.5) is 4.79 Å². The number of nitrogens with zero attached hydrogens (tertiary/aromatic N) is 1. The molecule has 3 rings (SSSR count). The molecule has 1 N–H and O–H groups in total. The van der Waals surface area contributed by atoms with Gasteiger partial charge in [0.25, 0.3) is 0 Å². The van der Waals surface area contributed by atoms with Crippen molar-refractivity contribution in [2.45, 2.75) is 17.5 Å². The highest BCUT2D eigenvalue weighted by Crippen LogP contribution is 2.21. The molecule has 0 aliphatic carbocycles. The number of carbonyl (C=O) groups is 1. The lowest BCUT2D eigenvalue weighted by Crippen LogP contribution is -2.59. The minimum atomic E-state index is -3.32. The molecule has 0 atom stereocenters. The molecule has 25 heavy (non-hydrogen) atoms. The first-order valence-corrected chi connectivity index (χ1v) is 9.59. The van der Waals surface area contributed by atoms with E-state index in [4.69, 9.17) is 9.15 Å². The van der Waals surface area contributed by atoms with Crippen LogP contribution in [0, 0.1) is 0 Å². The van der Waals surface area contributed by atoms with Crippen LogP contribution in [0.3, 0.4) is 0 Å². The standard InChI is InChI=1S/C17H20N2O5S/c1-23-14-6-4-13(5-7-14)9-18-17(20)19-10-16(11-19)25(21,22)12-15-3-2-8-24-15/h2-8,16H,9-12H2,1H3,(H,18,20). The summed E-state index contributed by atoms with van der Waals surface area (Å²) in [6.07, 6.45) is 1.45. The van der Waals surface area contributed by atoms with E-state index in [9.17, 15) is 13.2 Å². The summed E-state index contributed by atoms with van der Waals surface area (Å²) >= 11 is 0. The topological polar surface area (TPSA) is 88.9 Å². The molecule has 1 fully saturated rings. The number of methoxy groups -OCH3 is 1. The minimum absolute atomic E-state index is 0.133. The van der Waals surface area contributed by atoms with Gasteiger partial charge in [0.1, 0.15) is 17.3 Å². The van der Waals surface area contributed by atoms with Gasteiger partial charge >= 0.3 is 6.03 Å². The summed E-state index contributed by atoms with van der Waals surface area (Å²) in [4.78, 5) is 13.6. The van der Waals surface area contributed by atoms with Crippen LogP contribution in [0.2, 0.25) is 0 Å². The first-order chi connectivity index (χ1) is 12.0. The highest BCUT2D eigenvalue weighted by molar-refractivity contribution is 7.91. The van der Waals surface area contributed by atoms with Gasteiger partial charge in [0.15, 0.2) is 9.84 Å². The van der Waals surface area contributed by atoms with Crippen molar-refractivity contribution in [3.8, 4) is 5.75 Å². The van der Waals surface area contributed by atoms with Crippen molar-refractivity contribution < 1.29 is 22.4 Å². The third kappa shape index (κ3) is 4.14. The predicted molar refractivity (Wildman–Crippen MR) is 91.9 cm³/mol. The second-order valence-corrected chi connectivity index (χ2v) is 8.20. The van der Waals surface area contributed by atoms with Gasteiger partial charge in [0, 0.05) is 19.6 Å². The number of ether oxygens (including phenoxy) is 1. The third-order valence-electron chi connectivity index (χ3n) is 4.17. The average Bonchev–Trinajstić information content (AvgIpc) is 3.03. The highest BCUT2D eigenvalue weighted by Gasteiger charge is 2.39. The van der Waals surface area contributed by atoms with Crippen molar-refractivity contribution in [2.75, 3.05) is 20.2 Å². The second kappa shape index (κ2) is 7.18. The predicted octanol–water partition coefficient (Wildman–Crippen LogP) is 1.80. The molecule has 1 aromatic heterocycles. The van der Waals surface area contributed by atoms with E-state index < -0.39 is 15.1 Å². The van der Waals surface area contributed by atoms with Crippen LogP contribution in [-0.2, 0) is 22.1 Å². The van der Waals surface area contributed by atoms with Crippen molar-refractivity contribution in [1.82, 2.24) is 10.2 Å². The molecular weight excluding hydrogens is 344 g/mol. The van der Waals surface area contributed by atoms with Crippen molar-refractivity contribution >= 4 is 15.9 Å². The van der Waals surface area contributed by atoms with E-state index in [-0.39, 0.29) is 24.9 Å². The quantitative estimate of drug-likeness (QED) is 0.844. The fourth-order valence-electron chi connectivity index (χ4n) is 2.57. The van der Waals surface area contributed by atoms with E-state index in [0.29, 0.717) is 12.3 Å². The molecule has 7 nitrogen and oxygen atoms in total. The third-order valence-corrected chi connectivity index (χ3v) is 6.17. The maximum absolute atomic E-state index is 12.3. The molecule has 1 aliphatic rings. The van der Waals surface area contributed by atoms with E-state index >= 15 is 0 Å². The Morgan fingerprint density at radius 3 is 2.60 bits per heavy atom. The zero-order valence-electron chi connectivity index (χ0n) is 13.8. The van der Waals surface area contributed by atoms with Crippen LogP contribution < -0.4 is 10.1 Å². The maximum Gasteiger partial charge on any atom is 0.317 e. The lowest BCUT2D eigenvalue weighted by Gasteiger charge is -2.38. The lowest BCUT2D eigenvalue weighted by molar-refractivity contribution is 0.168. The van der Waals surface area contributed by atoms with E-state index in [0.717, 1.165) is 11.3 Å². The fourth-order valence-corrected chi connectivity index (χ4v) is 4.19. The van der Waals surface area contributed by atoms with E-state index in [1.165, 1.54) is 11.2 Å². The molecule has 1 aliphatic heterocycles. The van der Waals surface area contributed by atoms with Gasteiger partial charge in [-0.1, -0.05) is 12.1 Å². The van der Waals surface area contributed by atoms with Crippen LogP contribution in [-0.4, -0.2) is 44.8 Å². The lowest BCUT2D eigenvalue weighted by atomic mass is 10.2. The first-order valence-electron chi connectivity index (χ1n) is 7.87. The number of likely N-dealkylation sites (tertiary alicyclic amines) is 1. The molecule has 134 valence electrons. The molecule has 1 aromatic carbocycles. The normalized spacial score (nSPS) is 14.8. The van der Waals surface area contributed by atoms with Crippen LogP contribution in [0.1, 0.15) is 11.3 Å². The van der Waals surface area contributed by atoms with E-state index in [1.54, 1.807) is 19.2 Å². The van der Waals surface area contributed by atoms with Crippen molar-refractivity contribution in [2.24, 2.45) is 0 Å². The fraction of sp³-hybridized carbons (Fsp3) is 0.353. The summed E-state index contributed by atoms with van der Waals surface area (Å²) in [6.45, 7) is 0.790. The molecule has 0 bridgehead atoms. The van der Waals surface area contributed by atoms with Crippen LogP contribution in [0.5, 0.6) is 5.75 Å². The number of amides is 2. The van der Waals surface area contributed by atoms with Gasteiger partial charge in [-0.3, -0.25) is 0 Å². The van der Waals surface area contributed by atoms with Gasteiger partial charge in [-0.2, -0.15) is 0 Å². The summed E-state index contributed by atoms with van der Waals surface area (Å²) < 4.78 is 34.7. The van der Waals surface area contributed by atoms with Crippen LogP contribution in [0.15, 0.2) is 47.1 Å². The number of sulfone groups is 1. The number of benzene rings is 1. The van der Waals surface area contributed by atoms with Crippen LogP contribution in [0.25, 0.3) is 0 Å². The molecule has 2 heterocycles. The SMILES string of the molecule is COc1ccc(CNC(=O)N2CC(S(=O)(=O)Cc3ccco3)C2)cc1. The molecule has 8 heteroatoms. The van der Waals surface area contributed by atoms with Crippen LogP contribution >= 0.6 is 0 Å². The molecular formula is C17H20N2O5S. The monoisotopic (exact) mass is 364 g/mol. The summed E-state index contributed by atoms with van der Waals surface area (Å²) in [5.41, 5.74) is 0.941. The number of furan rings is 1. The van der Waals surface area contributed by atoms with Gasteiger partial charge in [-0.05, 0) is 29.8 Å². The smallest absolute Gasteiger partial charge is 0.317 e. The molecule has 1 saturated heterocycles. The van der Waals surface area contributed by atoms with Gasteiger partial charge in [-0.15, -0.1) is 0 Å². The molecule has 0 saturated carbocycles. The average molecular weight is 364 g/mol. The minimum Gasteiger partial charge on any atom is -0.497 e. The van der Waals surface area contributed by atoms with Gasteiger partial charge in [0.05, 0.1) is 18.6 Å². The molecule has 2 amide bonds. The Morgan fingerprint density at radius 2 is 2.00 bits per heavy atom. The van der Waals surface area contributed by atoms with E-state index in [1.807, 2.05) is 24.3 Å². The Labute approximate surface area is 146 Å². The van der Waals surface area contributed by atoms with Gasteiger partial charge < -0.3 is 19.4 Å². The Balaban J connectivity index is 1.46. The van der Waals surface area contributed by atoms with Crippen molar-refractivity contribution in [3.63, 3.8) is 0 Å². The number of nitrogens with one attached hydrogen (secondary N) is 1. The molecule has 0 spiro atoms. The number of hydrogen-bond acceptors (Lipinski definition) is 5. The van der Waals surface area contributed by atoms with Crippen molar-refractivity contribution in [3.05, 3.63) is 54.0 Å². The summed E-state index contributed by atoms with van der Waals surface area (Å²) in [5, 5.41) is 2.25. The summed E-state index contributed by atoms with van der Waals surface area (Å²) in [5.74, 6) is 1.04. The number of hydrogen-bond donors (Lipinski definition) is 1. The maximum atomic E-state index is 12.3. The number of carbonyl (C=O) groups excluding carboxylic acids is 1. The van der Waals surface area contributed by atoms with Gasteiger partial charge in [-0.25, -0.2) is 13.2 Å². The zero-order chi connectivity index (χ0) is 17.9. The van der Waals surface area contributed by atoms with E-state index in [2.05, 4.69) is 5.32 Å². The molecule has 2 aromatic rings. The summed E-state index contributed by atoms with van der Waals surface area (Å²) in [7, 11) is -1.72. The van der Waals surface area contributed by atoms with Crippen molar-refractivity contribution in [1.29, 1.82) is 0 Å². The second-order valence-electron chi connectivity index (χ2n) is 5.92. The van der Waals surface area contributed by atoms with Gasteiger partial charge in [0.2, 0.25) is 0 Å². The highest BCUT2D eigenvalue weighted by atomic mass is 32.2. The number of urea groups is 1. The first kappa shape index (κ1) is 17.3. The molecule has 0 radical (unpaired) electrons. The Bertz CT molecular complexity index is 809. The number of rotatable bonds is 6. The Hall–Kier alpha value is -2.48. The Morgan fingerprint density at radius 1 is 1.28 bits per heavy atom. The summed E-state index contributed by atoms with van der Waals surface area (Å²) in [6, 6.07) is 10.4. The zero-order valence-corrected chi connectivity index (χ0v) is 14.7.